The number of fused-ring (bicyclic) bond motifs is 2. The summed E-state index contributed by atoms with van der Waals surface area (Å²) in [5.74, 6) is 2.90. The summed E-state index contributed by atoms with van der Waals surface area (Å²) in [6.45, 7) is 8.49. The maximum atomic E-state index is 6.13. The normalized spacial score (nSPS) is 15.8. The molecule has 9 nitrogen and oxygen atoms in total. The van der Waals surface area contributed by atoms with E-state index < -0.39 is 21.3 Å². The molecule has 4 aromatic rings. The molecule has 0 amide bonds. The average Bonchev–Trinajstić information content (AvgIpc) is 3.40. The quantitative estimate of drug-likeness (QED) is 0.234. The molecule has 0 unspecified atom stereocenters. The van der Waals surface area contributed by atoms with Crippen molar-refractivity contribution in [2.75, 3.05) is 17.2 Å². The number of nitrogens with one attached hydrogen (secondary N) is 2. The summed E-state index contributed by atoms with van der Waals surface area (Å²) in [5.41, 5.74) is 5.95. The highest BCUT2D eigenvalue weighted by Gasteiger charge is 2.26. The number of hydrogen-bond donors (Lipinski definition) is 2. The predicted octanol–water partition coefficient (Wildman–Crippen LogP) is 7.39. The number of rotatable bonds is 4. The standard InChI is InChI=1S/C27H25IN6O3/c1-15-11-17(6-10-23(15)37-19-7-9-22-24(13-19)36-16(2)29-22)30-25-20-12-18(5-8-21(20)33-28-34-25)31-26-32-27(3,4)14-35-26/h5-13H,14H2,1-4H3,(H,31,32)(H,30,33,34). The molecule has 0 radical (unpaired) electrons. The highest BCUT2D eigenvalue weighted by Crippen LogP contribution is 2.34. The van der Waals surface area contributed by atoms with Crippen LogP contribution in [0.2, 0.25) is 0 Å². The largest absolute Gasteiger partial charge is 0.462 e. The van der Waals surface area contributed by atoms with E-state index in [4.69, 9.17) is 17.1 Å². The van der Waals surface area contributed by atoms with Crippen LogP contribution in [-0.2, 0) is 4.74 Å². The molecular weight excluding hydrogens is 583 g/mol. The Morgan fingerprint density at radius 1 is 0.973 bits per heavy atom. The molecular formula is C27H25IN6O3. The van der Waals surface area contributed by atoms with Gasteiger partial charge in [-0.3, -0.25) is 0 Å². The van der Waals surface area contributed by atoms with Gasteiger partial charge in [0.2, 0.25) is 0 Å². The number of hydrogen-bond acceptors (Lipinski definition) is 9. The molecule has 3 aromatic carbocycles. The average molecular weight is 608 g/mol. The first-order valence-electron chi connectivity index (χ1n) is 11.8. The van der Waals surface area contributed by atoms with Crippen molar-refractivity contribution in [2.45, 2.75) is 33.2 Å². The predicted molar refractivity (Wildman–Crippen MR) is 154 cm³/mol. The molecule has 0 spiro atoms. The highest BCUT2D eigenvalue weighted by atomic mass is 127. The molecule has 0 atom stereocenters. The molecule has 0 aliphatic carbocycles. The Hall–Kier alpha value is -3.80. The Bertz CT molecular complexity index is 1620. The zero-order chi connectivity index (χ0) is 25.6. The lowest BCUT2D eigenvalue weighted by Gasteiger charge is -2.16. The van der Waals surface area contributed by atoms with E-state index in [1.54, 1.807) is 0 Å². The van der Waals surface area contributed by atoms with E-state index in [0.717, 1.165) is 45.3 Å². The minimum Gasteiger partial charge on any atom is -0.462 e. The highest BCUT2D eigenvalue weighted by molar-refractivity contribution is 14.1. The van der Waals surface area contributed by atoms with Gasteiger partial charge in [0.1, 0.15) is 50.8 Å². The zero-order valence-corrected chi connectivity index (χ0v) is 23.0. The summed E-state index contributed by atoms with van der Waals surface area (Å²) in [4.78, 5) is 8.91. The molecule has 3 heterocycles. The molecule has 37 heavy (non-hydrogen) atoms. The lowest BCUT2D eigenvalue weighted by atomic mass is 10.1. The lowest BCUT2D eigenvalue weighted by Crippen LogP contribution is -2.17. The van der Waals surface area contributed by atoms with E-state index in [2.05, 4.69) is 23.8 Å². The van der Waals surface area contributed by atoms with Gasteiger partial charge in [-0.05, 0) is 74.9 Å². The Morgan fingerprint density at radius 3 is 2.62 bits per heavy atom. The summed E-state index contributed by atoms with van der Waals surface area (Å²) in [6, 6.07) is 18.2. The molecule has 10 heteroatoms. The molecule has 1 aromatic heterocycles. The number of anilines is 2. The van der Waals surface area contributed by atoms with Crippen molar-refractivity contribution in [3.63, 3.8) is 0 Å². The Kier molecular flexibility index (Phi) is 5.90. The Balaban J connectivity index is 1.20. The van der Waals surface area contributed by atoms with Gasteiger partial charge in [-0.2, -0.15) is 3.21 Å². The number of oxazole rings is 1. The third-order valence-corrected chi connectivity index (χ3v) is 7.29. The molecule has 2 N–H and O–H groups in total. The number of ether oxygens (including phenoxy) is 2. The van der Waals surface area contributed by atoms with Crippen LogP contribution in [0.5, 0.6) is 11.5 Å². The summed E-state index contributed by atoms with van der Waals surface area (Å²) < 4.78 is 26.8. The molecule has 6 rings (SSSR count). The van der Waals surface area contributed by atoms with E-state index in [9.17, 15) is 0 Å². The van der Waals surface area contributed by atoms with E-state index in [-0.39, 0.29) is 5.54 Å². The van der Waals surface area contributed by atoms with E-state index in [1.165, 1.54) is 0 Å². The molecule has 2 aliphatic rings. The summed E-state index contributed by atoms with van der Waals surface area (Å²) in [7, 11) is 0. The van der Waals surface area contributed by atoms with Crippen molar-refractivity contribution in [1.82, 2.24) is 4.98 Å². The topological polar surface area (TPSA) is 106 Å². The SMILES string of the molecule is Cc1nc2ccc(Oc3ccc(NC4=NI=Nc5ccc(NC6=NC(C)(C)CO6)cc54)cc3C)cc2o1. The van der Waals surface area contributed by atoms with Crippen LogP contribution >= 0.6 is 21.3 Å². The number of amidine groups is 2. The number of nitrogens with zero attached hydrogens (tertiary/aromatic N) is 4. The van der Waals surface area contributed by atoms with E-state index in [1.807, 2.05) is 82.3 Å². The van der Waals surface area contributed by atoms with Crippen LogP contribution in [-0.4, -0.2) is 29.0 Å². The molecule has 2 aliphatic heterocycles. The first-order chi connectivity index (χ1) is 17.8. The van der Waals surface area contributed by atoms with Crippen molar-refractivity contribution in [2.24, 2.45) is 11.3 Å². The van der Waals surface area contributed by atoms with Crippen molar-refractivity contribution in [3.05, 3.63) is 71.6 Å². The van der Waals surface area contributed by atoms with Gasteiger partial charge in [0, 0.05) is 29.9 Å². The van der Waals surface area contributed by atoms with Crippen LogP contribution in [0.1, 0.15) is 30.9 Å². The number of halogens is 1. The Morgan fingerprint density at radius 2 is 1.81 bits per heavy atom. The zero-order valence-electron chi connectivity index (χ0n) is 20.8. The van der Waals surface area contributed by atoms with Crippen molar-refractivity contribution in [3.8, 4) is 11.5 Å². The second kappa shape index (κ2) is 9.25. The van der Waals surface area contributed by atoms with E-state index in [0.29, 0.717) is 29.9 Å². The number of aryl methyl sites for hydroxylation is 2. The second-order valence-corrected chi connectivity index (χ2v) is 10.9. The second-order valence-electron chi connectivity index (χ2n) is 9.54. The van der Waals surface area contributed by atoms with Crippen molar-refractivity contribution < 1.29 is 13.9 Å². The fourth-order valence-electron chi connectivity index (χ4n) is 4.07. The van der Waals surface area contributed by atoms with Crippen molar-refractivity contribution in [1.29, 1.82) is 0 Å². The fourth-order valence-corrected chi connectivity index (χ4v) is 5.43. The summed E-state index contributed by atoms with van der Waals surface area (Å²) in [5, 5.41) is 6.75. The molecule has 188 valence electrons. The van der Waals surface area contributed by atoms with Crippen LogP contribution in [0.25, 0.3) is 11.1 Å². The van der Waals surface area contributed by atoms with Gasteiger partial charge in [-0.1, -0.05) is 0 Å². The van der Waals surface area contributed by atoms with Crippen LogP contribution in [0.15, 0.2) is 70.4 Å². The third-order valence-electron chi connectivity index (χ3n) is 5.85. The Labute approximate surface area is 224 Å². The number of aliphatic imine (C=N–C) groups is 1. The number of aromatic nitrogens is 1. The van der Waals surface area contributed by atoms with Gasteiger partial charge in [0.05, 0.1) is 11.2 Å². The van der Waals surface area contributed by atoms with Gasteiger partial charge in [-0.25, -0.2) is 13.1 Å². The van der Waals surface area contributed by atoms with Crippen LogP contribution in [0.4, 0.5) is 17.1 Å². The first-order valence-corrected chi connectivity index (χ1v) is 13.7. The monoisotopic (exact) mass is 608 g/mol. The van der Waals surface area contributed by atoms with Gasteiger partial charge in [0.25, 0.3) is 6.02 Å². The van der Waals surface area contributed by atoms with E-state index >= 15 is 0 Å². The summed E-state index contributed by atoms with van der Waals surface area (Å²) >= 11 is -0.668. The van der Waals surface area contributed by atoms with Gasteiger partial charge in [0.15, 0.2) is 11.5 Å². The minimum absolute atomic E-state index is 0.222. The molecule has 0 saturated heterocycles. The first kappa shape index (κ1) is 23.6. The third kappa shape index (κ3) is 5.06. The van der Waals surface area contributed by atoms with Gasteiger partial charge in [-0.15, -0.1) is 0 Å². The fraction of sp³-hybridized carbons (Fsp3) is 0.222. The van der Waals surface area contributed by atoms with Gasteiger partial charge < -0.3 is 24.5 Å². The molecule has 0 bridgehead atoms. The number of benzene rings is 3. The van der Waals surface area contributed by atoms with Crippen molar-refractivity contribution >= 4 is 61.3 Å². The summed E-state index contributed by atoms with van der Waals surface area (Å²) in [6.07, 6.45) is 0. The molecule has 0 fully saturated rings. The van der Waals surface area contributed by atoms with Crippen LogP contribution in [0, 0.1) is 13.8 Å². The van der Waals surface area contributed by atoms with Gasteiger partial charge >= 0.3 is 0 Å². The lowest BCUT2D eigenvalue weighted by molar-refractivity contribution is 0.278. The maximum Gasteiger partial charge on any atom is 0.289 e. The van der Waals surface area contributed by atoms with Crippen LogP contribution in [0.3, 0.4) is 0 Å². The maximum absolute atomic E-state index is 6.13. The molecule has 0 saturated carbocycles. The minimum atomic E-state index is -0.668. The van der Waals surface area contributed by atoms with Crippen LogP contribution < -0.4 is 15.4 Å². The smallest absolute Gasteiger partial charge is 0.289 e.